The van der Waals surface area contributed by atoms with E-state index in [1.807, 2.05) is 45.0 Å². The fourth-order valence-corrected chi connectivity index (χ4v) is 2.21. The largest absolute Gasteiger partial charge is 0.447 e. The highest BCUT2D eigenvalue weighted by Crippen LogP contribution is 2.13. The summed E-state index contributed by atoms with van der Waals surface area (Å²) in [5.74, 6) is 0.468. The van der Waals surface area contributed by atoms with Crippen LogP contribution in [0.3, 0.4) is 0 Å². The number of carbonyl (C=O) groups excluding carboxylic acids is 2. The Hall–Kier alpha value is -3.02. The summed E-state index contributed by atoms with van der Waals surface area (Å²) in [6.07, 6.45) is -0.549. The van der Waals surface area contributed by atoms with Gasteiger partial charge in [-0.15, -0.1) is 0 Å². The number of carbonyl (C=O) groups is 2. The summed E-state index contributed by atoms with van der Waals surface area (Å²) in [5.41, 5.74) is 2.75. The normalized spacial score (nSPS) is 11.3. The van der Waals surface area contributed by atoms with E-state index < -0.39 is 12.2 Å². The van der Waals surface area contributed by atoms with Crippen LogP contribution < -0.4 is 15.4 Å². The van der Waals surface area contributed by atoms with Crippen LogP contribution in [0.25, 0.3) is 0 Å². The van der Waals surface area contributed by atoms with Crippen LogP contribution in [0.2, 0.25) is 0 Å². The van der Waals surface area contributed by atoms with Crippen molar-refractivity contribution in [1.29, 1.82) is 0 Å². The maximum Gasteiger partial charge on any atom is 0.412 e. The lowest BCUT2D eigenvalue weighted by Gasteiger charge is -2.17. The summed E-state index contributed by atoms with van der Waals surface area (Å²) >= 11 is 0. The molecule has 6 heteroatoms. The van der Waals surface area contributed by atoms with Crippen LogP contribution in [0, 0.1) is 13.8 Å². The quantitative estimate of drug-likeness (QED) is 0.803. The molecule has 0 aliphatic rings. The number of aryl methyl sites for hydroxylation is 2. The number of amides is 2. The van der Waals surface area contributed by atoms with E-state index in [0.717, 1.165) is 11.1 Å². The molecule has 0 aromatic heterocycles. The van der Waals surface area contributed by atoms with Crippen molar-refractivity contribution in [2.75, 3.05) is 11.9 Å². The lowest BCUT2D eigenvalue weighted by Crippen LogP contribution is -2.40. The number of hydrogen-bond acceptors (Lipinski definition) is 4. The Morgan fingerprint density at radius 2 is 1.73 bits per heavy atom. The van der Waals surface area contributed by atoms with Crippen molar-refractivity contribution in [1.82, 2.24) is 5.32 Å². The Kier molecular flexibility index (Phi) is 7.02. The lowest BCUT2D eigenvalue weighted by molar-refractivity contribution is 0.142. The van der Waals surface area contributed by atoms with Crippen molar-refractivity contribution >= 4 is 17.9 Å². The van der Waals surface area contributed by atoms with Gasteiger partial charge in [-0.05, 0) is 50.1 Å². The van der Waals surface area contributed by atoms with Crippen LogP contribution in [0.15, 0.2) is 48.5 Å². The van der Waals surface area contributed by atoms with E-state index in [1.54, 1.807) is 24.3 Å². The minimum atomic E-state index is -0.579. The van der Waals surface area contributed by atoms with E-state index in [4.69, 9.17) is 9.47 Å². The average Bonchev–Trinajstić information content (AvgIpc) is 2.60. The van der Waals surface area contributed by atoms with E-state index >= 15 is 0 Å². The molecule has 0 aliphatic heterocycles. The summed E-state index contributed by atoms with van der Waals surface area (Å²) in [7, 11) is 0. The molecule has 2 aromatic rings. The molecular weight excluding hydrogens is 332 g/mol. The summed E-state index contributed by atoms with van der Waals surface area (Å²) in [4.78, 5) is 23.8. The number of rotatable bonds is 6. The Morgan fingerprint density at radius 3 is 2.38 bits per heavy atom. The first kappa shape index (κ1) is 19.3. The molecule has 0 aliphatic carbocycles. The predicted octanol–water partition coefficient (Wildman–Crippen LogP) is 4.42. The van der Waals surface area contributed by atoms with Gasteiger partial charge in [0, 0.05) is 5.69 Å². The molecule has 0 radical (unpaired) electrons. The average molecular weight is 356 g/mol. The van der Waals surface area contributed by atoms with E-state index in [-0.39, 0.29) is 12.6 Å². The third-order valence-corrected chi connectivity index (χ3v) is 3.73. The molecule has 0 saturated carbocycles. The van der Waals surface area contributed by atoms with Gasteiger partial charge in [0.25, 0.3) is 0 Å². The molecule has 6 nitrogen and oxygen atoms in total. The summed E-state index contributed by atoms with van der Waals surface area (Å²) in [6.45, 7) is 5.82. The molecule has 0 spiro atoms. The summed E-state index contributed by atoms with van der Waals surface area (Å²) < 4.78 is 10.4. The monoisotopic (exact) mass is 356 g/mol. The zero-order valence-electron chi connectivity index (χ0n) is 15.2. The SMILES string of the molecule is CC[C@@H](COC(=O)Nc1ccc(C)cc1)NC(=O)Oc1cccc(C)c1. The van der Waals surface area contributed by atoms with Crippen molar-refractivity contribution in [3.63, 3.8) is 0 Å². The number of anilines is 1. The van der Waals surface area contributed by atoms with Crippen molar-refractivity contribution in [3.05, 3.63) is 59.7 Å². The van der Waals surface area contributed by atoms with Gasteiger partial charge in [0.05, 0.1) is 6.04 Å². The number of ether oxygens (including phenoxy) is 2. The van der Waals surface area contributed by atoms with Gasteiger partial charge in [0.2, 0.25) is 0 Å². The standard InChI is InChI=1S/C20H24N2O4/c1-4-16(21-20(24)26-18-7-5-6-15(3)12-18)13-25-19(23)22-17-10-8-14(2)9-11-17/h5-12,16H,4,13H2,1-3H3,(H,21,24)(H,22,23)/t16-/m0/s1. The first-order chi connectivity index (χ1) is 12.5. The molecule has 1 atom stereocenters. The van der Waals surface area contributed by atoms with Crippen LogP contribution in [0.4, 0.5) is 15.3 Å². The molecule has 2 rings (SSSR count). The second-order valence-electron chi connectivity index (χ2n) is 6.05. The fraction of sp³-hybridized carbons (Fsp3) is 0.300. The number of hydrogen-bond donors (Lipinski definition) is 2. The minimum Gasteiger partial charge on any atom is -0.447 e. The van der Waals surface area contributed by atoms with Gasteiger partial charge in [-0.2, -0.15) is 0 Å². The van der Waals surface area contributed by atoms with Crippen molar-refractivity contribution in [3.8, 4) is 5.75 Å². The van der Waals surface area contributed by atoms with Gasteiger partial charge in [-0.1, -0.05) is 36.8 Å². The zero-order valence-corrected chi connectivity index (χ0v) is 15.2. The van der Waals surface area contributed by atoms with Crippen molar-refractivity contribution in [2.24, 2.45) is 0 Å². The first-order valence-electron chi connectivity index (χ1n) is 8.51. The highest BCUT2D eigenvalue weighted by atomic mass is 16.6. The van der Waals surface area contributed by atoms with Crippen molar-refractivity contribution in [2.45, 2.75) is 33.2 Å². The van der Waals surface area contributed by atoms with E-state index in [2.05, 4.69) is 10.6 Å². The Bertz CT molecular complexity index is 744. The molecule has 2 aromatic carbocycles. The lowest BCUT2D eigenvalue weighted by atomic mass is 10.2. The molecule has 138 valence electrons. The second kappa shape index (κ2) is 9.46. The molecule has 2 amide bonds. The van der Waals surface area contributed by atoms with Crippen molar-refractivity contribution < 1.29 is 19.1 Å². The van der Waals surface area contributed by atoms with Crippen LogP contribution in [-0.2, 0) is 4.74 Å². The minimum absolute atomic E-state index is 0.0527. The van der Waals surface area contributed by atoms with Gasteiger partial charge in [0.1, 0.15) is 12.4 Å². The molecular formula is C20H24N2O4. The summed E-state index contributed by atoms with van der Waals surface area (Å²) in [5, 5.41) is 5.34. The topological polar surface area (TPSA) is 76.7 Å². The third-order valence-electron chi connectivity index (χ3n) is 3.73. The third kappa shape index (κ3) is 6.47. The Labute approximate surface area is 153 Å². The van der Waals surface area contributed by atoms with E-state index in [0.29, 0.717) is 17.9 Å². The Morgan fingerprint density at radius 1 is 1.00 bits per heavy atom. The summed E-state index contributed by atoms with van der Waals surface area (Å²) in [6, 6.07) is 14.3. The van der Waals surface area contributed by atoms with Gasteiger partial charge in [-0.3, -0.25) is 5.32 Å². The Balaban J connectivity index is 1.78. The molecule has 0 heterocycles. The zero-order chi connectivity index (χ0) is 18.9. The molecule has 2 N–H and O–H groups in total. The maximum atomic E-state index is 12.0. The first-order valence-corrected chi connectivity index (χ1v) is 8.51. The van der Waals surface area contributed by atoms with Crippen LogP contribution in [0.5, 0.6) is 5.75 Å². The maximum absolute atomic E-state index is 12.0. The van der Waals surface area contributed by atoms with Gasteiger partial charge in [-0.25, -0.2) is 9.59 Å². The van der Waals surface area contributed by atoms with Gasteiger partial charge in [0.15, 0.2) is 0 Å². The van der Waals surface area contributed by atoms with Gasteiger partial charge >= 0.3 is 12.2 Å². The fourth-order valence-electron chi connectivity index (χ4n) is 2.21. The second-order valence-corrected chi connectivity index (χ2v) is 6.05. The van der Waals surface area contributed by atoms with Crippen LogP contribution >= 0.6 is 0 Å². The molecule has 0 saturated heterocycles. The smallest absolute Gasteiger partial charge is 0.412 e. The molecule has 0 fully saturated rings. The van der Waals surface area contributed by atoms with E-state index in [9.17, 15) is 9.59 Å². The molecule has 0 bridgehead atoms. The van der Waals surface area contributed by atoms with Crippen LogP contribution in [0.1, 0.15) is 24.5 Å². The highest BCUT2D eigenvalue weighted by molar-refractivity contribution is 5.84. The highest BCUT2D eigenvalue weighted by Gasteiger charge is 2.14. The molecule has 26 heavy (non-hydrogen) atoms. The van der Waals surface area contributed by atoms with Gasteiger partial charge < -0.3 is 14.8 Å². The number of nitrogens with one attached hydrogen (secondary N) is 2. The molecule has 0 unspecified atom stereocenters. The van der Waals surface area contributed by atoms with E-state index in [1.165, 1.54) is 0 Å². The van der Waals surface area contributed by atoms with Crippen LogP contribution in [-0.4, -0.2) is 24.8 Å². The number of benzene rings is 2. The predicted molar refractivity (Wildman–Crippen MR) is 101 cm³/mol.